The molecule has 0 saturated carbocycles. The van der Waals surface area contributed by atoms with E-state index in [2.05, 4.69) is 10.3 Å². The number of amides is 1. The maximum absolute atomic E-state index is 14.0. The van der Waals surface area contributed by atoms with Crippen molar-refractivity contribution >= 4 is 23.3 Å². The van der Waals surface area contributed by atoms with Crippen LogP contribution in [0.1, 0.15) is 22.0 Å². The molecule has 24 heavy (non-hydrogen) atoms. The number of carbonyl (C=O) groups is 1. The molecule has 0 saturated heterocycles. The third-order valence-electron chi connectivity index (χ3n) is 3.54. The molecule has 1 aromatic heterocycles. The number of hydrogen-bond acceptors (Lipinski definition) is 4. The lowest BCUT2D eigenvalue weighted by molar-refractivity contribution is 0.1000. The van der Waals surface area contributed by atoms with E-state index < -0.39 is 23.6 Å². The van der Waals surface area contributed by atoms with Crippen LogP contribution in [0.4, 0.5) is 14.6 Å². The monoisotopic (exact) mass is 354 g/mol. The largest absolute Gasteiger partial charge is 0.367 e. The molecular formula is C16H17ClF2N4O. The van der Waals surface area contributed by atoms with Gasteiger partial charge in [-0.05, 0) is 32.3 Å². The van der Waals surface area contributed by atoms with Crippen molar-refractivity contribution in [1.82, 2.24) is 9.88 Å². The van der Waals surface area contributed by atoms with Crippen molar-refractivity contribution in [2.75, 3.05) is 26.0 Å². The first-order chi connectivity index (χ1) is 11.3. The second-order valence-electron chi connectivity index (χ2n) is 5.41. The minimum Gasteiger partial charge on any atom is -0.367 e. The smallest absolute Gasteiger partial charge is 0.250 e. The van der Waals surface area contributed by atoms with Gasteiger partial charge in [-0.25, -0.2) is 13.8 Å². The van der Waals surface area contributed by atoms with Gasteiger partial charge >= 0.3 is 0 Å². The number of likely N-dealkylation sites (N-methyl/N-ethyl adjacent to an activating group) is 1. The molecular weight excluding hydrogens is 338 g/mol. The van der Waals surface area contributed by atoms with E-state index in [9.17, 15) is 13.6 Å². The normalized spacial score (nSPS) is 12.2. The summed E-state index contributed by atoms with van der Waals surface area (Å²) in [4.78, 5) is 16.8. The van der Waals surface area contributed by atoms with E-state index in [4.69, 9.17) is 17.3 Å². The Morgan fingerprint density at radius 1 is 1.38 bits per heavy atom. The molecule has 8 heteroatoms. The lowest BCUT2D eigenvalue weighted by Gasteiger charge is -2.26. The number of nitrogens with zero attached hydrogens (tertiary/aromatic N) is 2. The summed E-state index contributed by atoms with van der Waals surface area (Å²) in [5.41, 5.74) is 5.29. The van der Waals surface area contributed by atoms with Crippen molar-refractivity contribution in [2.45, 2.75) is 6.04 Å². The van der Waals surface area contributed by atoms with Gasteiger partial charge in [0.05, 0.1) is 16.6 Å². The Hall–Kier alpha value is -2.25. The quantitative estimate of drug-likeness (QED) is 0.836. The molecule has 128 valence electrons. The maximum atomic E-state index is 14.0. The Morgan fingerprint density at radius 2 is 2.00 bits per heavy atom. The van der Waals surface area contributed by atoms with Gasteiger partial charge in [-0.15, -0.1) is 0 Å². The summed E-state index contributed by atoms with van der Waals surface area (Å²) in [6.07, 6.45) is 1.28. The Morgan fingerprint density at radius 3 is 2.50 bits per heavy atom. The van der Waals surface area contributed by atoms with Gasteiger partial charge < -0.3 is 16.0 Å². The zero-order chi connectivity index (χ0) is 17.9. The molecule has 0 aliphatic heterocycles. The van der Waals surface area contributed by atoms with Gasteiger partial charge in [-0.2, -0.15) is 0 Å². The molecule has 0 aliphatic rings. The zero-order valence-electron chi connectivity index (χ0n) is 13.2. The molecule has 1 atom stereocenters. The van der Waals surface area contributed by atoms with E-state index in [-0.39, 0.29) is 22.7 Å². The van der Waals surface area contributed by atoms with Crippen molar-refractivity contribution in [1.29, 1.82) is 0 Å². The first-order valence-electron chi connectivity index (χ1n) is 7.10. The summed E-state index contributed by atoms with van der Waals surface area (Å²) in [7, 11) is 3.42. The minimum absolute atomic E-state index is 0.0418. The summed E-state index contributed by atoms with van der Waals surface area (Å²) in [5, 5.41) is 3.14. The molecule has 0 radical (unpaired) electrons. The molecule has 2 rings (SSSR count). The maximum Gasteiger partial charge on any atom is 0.250 e. The standard InChI is InChI=1S/C16H17ClF2N4O/c1-23(2)13(14-11(18)4-3-5-12(14)19)8-22-16-10(17)6-9(7-21-16)15(20)24/h3-7,13H,8H2,1-2H3,(H2,20,24)(H,21,22). The fraction of sp³-hybridized carbons (Fsp3) is 0.250. The molecule has 0 aliphatic carbocycles. The zero-order valence-corrected chi connectivity index (χ0v) is 13.9. The van der Waals surface area contributed by atoms with E-state index in [0.29, 0.717) is 5.82 Å². The van der Waals surface area contributed by atoms with Crippen LogP contribution in [-0.4, -0.2) is 36.4 Å². The van der Waals surface area contributed by atoms with E-state index in [1.807, 2.05) is 0 Å². The van der Waals surface area contributed by atoms with Crippen LogP contribution in [0.3, 0.4) is 0 Å². The highest BCUT2D eigenvalue weighted by molar-refractivity contribution is 6.33. The Kier molecular flexibility index (Phi) is 5.69. The van der Waals surface area contributed by atoms with Crippen LogP contribution < -0.4 is 11.1 Å². The van der Waals surface area contributed by atoms with Crippen molar-refractivity contribution < 1.29 is 13.6 Å². The average molecular weight is 355 g/mol. The molecule has 1 aromatic carbocycles. The average Bonchev–Trinajstić information content (AvgIpc) is 2.50. The first-order valence-corrected chi connectivity index (χ1v) is 7.48. The van der Waals surface area contributed by atoms with Crippen LogP contribution >= 0.6 is 11.6 Å². The summed E-state index contributed by atoms with van der Waals surface area (Å²) in [6, 6.07) is 4.53. The van der Waals surface area contributed by atoms with Gasteiger partial charge in [0.1, 0.15) is 17.5 Å². The predicted octanol–water partition coefficient (Wildman–Crippen LogP) is 2.83. The van der Waals surface area contributed by atoms with Crippen molar-refractivity contribution in [3.8, 4) is 0 Å². The SMILES string of the molecule is CN(C)C(CNc1ncc(C(N)=O)cc1Cl)c1c(F)cccc1F. The van der Waals surface area contributed by atoms with Gasteiger partial charge in [0.25, 0.3) is 0 Å². The topological polar surface area (TPSA) is 71.2 Å². The number of nitrogens with one attached hydrogen (secondary N) is 1. The Bertz CT molecular complexity index is 735. The molecule has 1 unspecified atom stereocenters. The van der Waals surface area contributed by atoms with Gasteiger partial charge in [0.15, 0.2) is 0 Å². The number of rotatable bonds is 6. The van der Waals surface area contributed by atoms with Crippen LogP contribution in [-0.2, 0) is 0 Å². The summed E-state index contributed by atoms with van der Waals surface area (Å²) in [6.45, 7) is 0.160. The lowest BCUT2D eigenvalue weighted by atomic mass is 10.0. The minimum atomic E-state index is -0.643. The Balaban J connectivity index is 2.23. The lowest BCUT2D eigenvalue weighted by Crippen LogP contribution is -2.29. The van der Waals surface area contributed by atoms with Crippen molar-refractivity contribution in [3.63, 3.8) is 0 Å². The molecule has 2 aromatic rings. The number of aromatic nitrogens is 1. The summed E-state index contributed by atoms with van der Waals surface area (Å²) < 4.78 is 28.0. The second kappa shape index (κ2) is 7.55. The third kappa shape index (κ3) is 3.98. The van der Waals surface area contributed by atoms with E-state index >= 15 is 0 Å². The molecule has 0 bridgehead atoms. The molecule has 5 nitrogen and oxygen atoms in total. The number of primary amides is 1. The first kappa shape index (κ1) is 18.1. The number of carbonyl (C=O) groups excluding carboxylic acids is 1. The number of hydrogen-bond donors (Lipinski definition) is 2. The highest BCUT2D eigenvalue weighted by atomic mass is 35.5. The number of pyridine rings is 1. The number of benzene rings is 1. The number of nitrogens with two attached hydrogens (primary N) is 1. The second-order valence-corrected chi connectivity index (χ2v) is 5.82. The van der Waals surface area contributed by atoms with E-state index in [1.54, 1.807) is 19.0 Å². The van der Waals surface area contributed by atoms with Gasteiger partial charge in [-0.1, -0.05) is 17.7 Å². The number of anilines is 1. The van der Waals surface area contributed by atoms with Crippen LogP contribution in [0, 0.1) is 11.6 Å². The Labute approximate surface area is 143 Å². The third-order valence-corrected chi connectivity index (χ3v) is 3.83. The van der Waals surface area contributed by atoms with Crippen LogP contribution in [0.5, 0.6) is 0 Å². The van der Waals surface area contributed by atoms with Gasteiger partial charge in [0.2, 0.25) is 5.91 Å². The molecule has 1 amide bonds. The van der Waals surface area contributed by atoms with Gasteiger partial charge in [-0.3, -0.25) is 4.79 Å². The fourth-order valence-electron chi connectivity index (χ4n) is 2.27. The van der Waals surface area contributed by atoms with E-state index in [0.717, 1.165) is 0 Å². The van der Waals surface area contributed by atoms with Crippen molar-refractivity contribution in [2.24, 2.45) is 5.73 Å². The molecule has 0 spiro atoms. The highest BCUT2D eigenvalue weighted by Crippen LogP contribution is 2.26. The predicted molar refractivity (Wildman–Crippen MR) is 89.0 cm³/mol. The van der Waals surface area contributed by atoms with Crippen molar-refractivity contribution in [3.05, 3.63) is 58.2 Å². The van der Waals surface area contributed by atoms with E-state index in [1.165, 1.54) is 30.5 Å². The fourth-order valence-corrected chi connectivity index (χ4v) is 2.50. The summed E-state index contributed by atoms with van der Waals surface area (Å²) >= 11 is 6.05. The highest BCUT2D eigenvalue weighted by Gasteiger charge is 2.22. The molecule has 0 fully saturated rings. The van der Waals surface area contributed by atoms with Gasteiger partial charge in [0, 0.05) is 18.3 Å². The van der Waals surface area contributed by atoms with Crippen LogP contribution in [0.15, 0.2) is 30.5 Å². The number of halogens is 3. The summed E-state index contributed by atoms with van der Waals surface area (Å²) in [5.74, 6) is -1.60. The molecule has 3 N–H and O–H groups in total. The van der Waals surface area contributed by atoms with Crippen LogP contribution in [0.25, 0.3) is 0 Å². The van der Waals surface area contributed by atoms with Crippen LogP contribution in [0.2, 0.25) is 5.02 Å². The molecule has 1 heterocycles.